The first-order chi connectivity index (χ1) is 10.0. The molecule has 0 saturated heterocycles. The number of anilines is 1. The normalized spacial score (nSPS) is 10.8. The molecular formula is C16H21NO4. The molecule has 5 heteroatoms. The number of hydrogen-bond acceptors (Lipinski definition) is 3. The lowest BCUT2D eigenvalue weighted by Crippen LogP contribution is -2.14. The molecule has 114 valence electrons. The Kier molecular flexibility index (Phi) is 7.18. The Morgan fingerprint density at radius 1 is 1.33 bits per heavy atom. The van der Waals surface area contributed by atoms with Crippen molar-refractivity contribution in [1.82, 2.24) is 0 Å². The molecule has 0 aliphatic carbocycles. The lowest BCUT2D eigenvalue weighted by molar-refractivity contribution is -0.131. The number of aryl methyl sites for hydroxylation is 1. The summed E-state index contributed by atoms with van der Waals surface area (Å²) in [6.45, 7) is 4.96. The average Bonchev–Trinajstić information content (AvgIpc) is 2.42. The molecule has 1 amide bonds. The number of ether oxygens (including phenoxy) is 1. The topological polar surface area (TPSA) is 75.6 Å². The first kappa shape index (κ1) is 16.9. The summed E-state index contributed by atoms with van der Waals surface area (Å²) in [7, 11) is 0. The number of aliphatic carboxylic acids is 1. The van der Waals surface area contributed by atoms with E-state index < -0.39 is 5.97 Å². The Morgan fingerprint density at radius 3 is 2.71 bits per heavy atom. The predicted octanol–water partition coefficient (Wildman–Crippen LogP) is 2.85. The van der Waals surface area contributed by atoms with Crippen LogP contribution in [0.25, 0.3) is 6.08 Å². The van der Waals surface area contributed by atoms with Gasteiger partial charge in [0.15, 0.2) is 0 Å². The van der Waals surface area contributed by atoms with Crippen molar-refractivity contribution in [2.75, 3.05) is 18.5 Å². The summed E-state index contributed by atoms with van der Waals surface area (Å²) in [6.07, 6.45) is 3.87. The van der Waals surface area contributed by atoms with Gasteiger partial charge in [0.25, 0.3) is 0 Å². The summed E-state index contributed by atoms with van der Waals surface area (Å²) in [4.78, 5) is 22.2. The van der Waals surface area contributed by atoms with Crippen LogP contribution in [0.5, 0.6) is 0 Å². The Balaban J connectivity index is 2.55. The number of rotatable bonds is 8. The van der Waals surface area contributed by atoms with Crippen LogP contribution in [0.3, 0.4) is 0 Å². The standard InChI is InChI=1S/C16H21NO4/c1-3-9-21-10-8-15(18)17-14-6-4-13(12(2)11-14)5-7-16(19)20/h4-7,11H,3,8-10H2,1-2H3,(H,17,18)(H,19,20). The number of nitrogens with one attached hydrogen (secondary N) is 1. The van der Waals surface area contributed by atoms with Crippen LogP contribution in [-0.4, -0.2) is 30.2 Å². The van der Waals surface area contributed by atoms with Crippen molar-refractivity contribution in [3.05, 3.63) is 35.4 Å². The number of carbonyl (C=O) groups is 2. The monoisotopic (exact) mass is 291 g/mol. The zero-order valence-electron chi connectivity index (χ0n) is 12.4. The third kappa shape index (κ3) is 6.72. The third-order valence-electron chi connectivity index (χ3n) is 2.78. The molecule has 5 nitrogen and oxygen atoms in total. The van der Waals surface area contributed by atoms with Crippen molar-refractivity contribution in [3.63, 3.8) is 0 Å². The predicted molar refractivity (Wildman–Crippen MR) is 82.2 cm³/mol. The van der Waals surface area contributed by atoms with Gasteiger partial charge in [-0.1, -0.05) is 13.0 Å². The molecule has 0 aromatic heterocycles. The van der Waals surface area contributed by atoms with Crippen LogP contribution in [0.2, 0.25) is 0 Å². The van der Waals surface area contributed by atoms with Crippen LogP contribution in [0.4, 0.5) is 5.69 Å². The van der Waals surface area contributed by atoms with Gasteiger partial charge >= 0.3 is 5.97 Å². The number of hydrogen-bond donors (Lipinski definition) is 2. The van der Waals surface area contributed by atoms with Gasteiger partial charge in [-0.05, 0) is 42.7 Å². The first-order valence-corrected chi connectivity index (χ1v) is 6.92. The number of carboxylic acids is 1. The zero-order chi connectivity index (χ0) is 15.7. The molecule has 1 aromatic rings. The SMILES string of the molecule is CCCOCCC(=O)Nc1ccc(C=CC(=O)O)c(C)c1. The summed E-state index contributed by atoms with van der Waals surface area (Å²) in [5.41, 5.74) is 2.40. The van der Waals surface area contributed by atoms with Gasteiger partial charge < -0.3 is 15.2 Å². The van der Waals surface area contributed by atoms with Crippen LogP contribution in [-0.2, 0) is 14.3 Å². The number of carboxylic acid groups (broad SMARTS) is 1. The molecule has 0 heterocycles. The van der Waals surface area contributed by atoms with Crippen molar-refractivity contribution >= 4 is 23.6 Å². The summed E-state index contributed by atoms with van der Waals surface area (Å²) >= 11 is 0. The van der Waals surface area contributed by atoms with E-state index in [4.69, 9.17) is 9.84 Å². The smallest absolute Gasteiger partial charge is 0.328 e. The number of amides is 1. The molecule has 0 saturated carbocycles. The lowest BCUT2D eigenvalue weighted by atomic mass is 10.1. The highest BCUT2D eigenvalue weighted by Crippen LogP contribution is 2.16. The lowest BCUT2D eigenvalue weighted by Gasteiger charge is -2.08. The van der Waals surface area contributed by atoms with Crippen molar-refractivity contribution in [2.24, 2.45) is 0 Å². The van der Waals surface area contributed by atoms with E-state index in [1.165, 1.54) is 6.08 Å². The van der Waals surface area contributed by atoms with Gasteiger partial charge in [-0.15, -0.1) is 0 Å². The maximum absolute atomic E-state index is 11.7. The van der Waals surface area contributed by atoms with E-state index >= 15 is 0 Å². The van der Waals surface area contributed by atoms with Gasteiger partial charge in [0.1, 0.15) is 0 Å². The first-order valence-electron chi connectivity index (χ1n) is 6.92. The fourth-order valence-electron chi connectivity index (χ4n) is 1.74. The van der Waals surface area contributed by atoms with E-state index in [2.05, 4.69) is 5.32 Å². The second-order valence-corrected chi connectivity index (χ2v) is 4.65. The summed E-state index contributed by atoms with van der Waals surface area (Å²) in [5.74, 6) is -1.09. The second kappa shape index (κ2) is 8.92. The molecule has 0 atom stereocenters. The van der Waals surface area contributed by atoms with Crippen LogP contribution < -0.4 is 5.32 Å². The quantitative estimate of drug-likeness (QED) is 0.570. The molecule has 0 unspecified atom stereocenters. The van der Waals surface area contributed by atoms with E-state index in [1.807, 2.05) is 19.9 Å². The van der Waals surface area contributed by atoms with E-state index in [-0.39, 0.29) is 5.91 Å². The van der Waals surface area contributed by atoms with Gasteiger partial charge in [-0.2, -0.15) is 0 Å². The van der Waals surface area contributed by atoms with Crippen LogP contribution in [0.1, 0.15) is 30.9 Å². The van der Waals surface area contributed by atoms with Crippen molar-refractivity contribution in [2.45, 2.75) is 26.7 Å². The zero-order valence-corrected chi connectivity index (χ0v) is 12.4. The molecular weight excluding hydrogens is 270 g/mol. The highest BCUT2D eigenvalue weighted by Gasteiger charge is 2.04. The van der Waals surface area contributed by atoms with Crippen LogP contribution in [0, 0.1) is 6.92 Å². The summed E-state index contributed by atoms with van der Waals surface area (Å²) < 4.78 is 5.26. The molecule has 0 radical (unpaired) electrons. The fraction of sp³-hybridized carbons (Fsp3) is 0.375. The summed E-state index contributed by atoms with van der Waals surface area (Å²) in [6, 6.07) is 5.34. The van der Waals surface area contributed by atoms with Crippen molar-refractivity contribution in [3.8, 4) is 0 Å². The van der Waals surface area contributed by atoms with E-state index in [0.29, 0.717) is 25.3 Å². The Morgan fingerprint density at radius 2 is 2.10 bits per heavy atom. The number of benzene rings is 1. The van der Waals surface area contributed by atoms with Gasteiger partial charge in [0, 0.05) is 18.4 Å². The molecule has 21 heavy (non-hydrogen) atoms. The van der Waals surface area contributed by atoms with Crippen LogP contribution >= 0.6 is 0 Å². The largest absolute Gasteiger partial charge is 0.478 e. The van der Waals surface area contributed by atoms with Gasteiger partial charge in [0.2, 0.25) is 5.91 Å². The maximum atomic E-state index is 11.7. The van der Waals surface area contributed by atoms with Gasteiger partial charge in [-0.3, -0.25) is 4.79 Å². The third-order valence-corrected chi connectivity index (χ3v) is 2.78. The second-order valence-electron chi connectivity index (χ2n) is 4.65. The molecule has 0 aliphatic rings. The van der Waals surface area contributed by atoms with E-state index in [9.17, 15) is 9.59 Å². The molecule has 0 fully saturated rings. The Bertz CT molecular complexity index is 523. The van der Waals surface area contributed by atoms with Crippen LogP contribution in [0.15, 0.2) is 24.3 Å². The molecule has 1 rings (SSSR count). The molecule has 0 bridgehead atoms. The Hall–Kier alpha value is -2.14. The van der Waals surface area contributed by atoms with Crippen molar-refractivity contribution < 1.29 is 19.4 Å². The Labute approximate surface area is 124 Å². The van der Waals surface area contributed by atoms with Gasteiger partial charge in [-0.25, -0.2) is 4.79 Å². The van der Waals surface area contributed by atoms with E-state index in [1.54, 1.807) is 12.1 Å². The average molecular weight is 291 g/mol. The number of carbonyl (C=O) groups excluding carboxylic acids is 1. The minimum atomic E-state index is -0.987. The van der Waals surface area contributed by atoms with E-state index in [0.717, 1.165) is 23.6 Å². The maximum Gasteiger partial charge on any atom is 0.328 e. The molecule has 2 N–H and O–H groups in total. The fourth-order valence-corrected chi connectivity index (χ4v) is 1.74. The minimum absolute atomic E-state index is 0.0978. The molecule has 1 aromatic carbocycles. The minimum Gasteiger partial charge on any atom is -0.478 e. The highest BCUT2D eigenvalue weighted by molar-refractivity contribution is 5.91. The summed E-state index contributed by atoms with van der Waals surface area (Å²) in [5, 5.41) is 11.4. The molecule has 0 aliphatic heterocycles. The highest BCUT2D eigenvalue weighted by atomic mass is 16.5. The van der Waals surface area contributed by atoms with Crippen molar-refractivity contribution in [1.29, 1.82) is 0 Å². The molecule has 0 spiro atoms. The van der Waals surface area contributed by atoms with Gasteiger partial charge in [0.05, 0.1) is 13.0 Å².